The zero-order valence-corrected chi connectivity index (χ0v) is 14.1. The average Bonchev–Trinajstić information content (AvgIpc) is 2.13. The lowest BCUT2D eigenvalue weighted by Crippen LogP contribution is -2.50. The van der Waals surface area contributed by atoms with Gasteiger partial charge in [0.15, 0.2) is 0 Å². The lowest BCUT2D eigenvalue weighted by Gasteiger charge is -2.46. The van der Waals surface area contributed by atoms with Gasteiger partial charge in [0.25, 0.3) is 0 Å². The van der Waals surface area contributed by atoms with Crippen molar-refractivity contribution in [3.05, 3.63) is 0 Å². The molecule has 0 saturated carbocycles. The minimum Gasteiger partial charge on any atom is -0.396 e. The highest BCUT2D eigenvalue weighted by Gasteiger charge is 2.41. The van der Waals surface area contributed by atoms with Gasteiger partial charge in [0.1, 0.15) is 0 Å². The van der Waals surface area contributed by atoms with Crippen LogP contribution in [0.1, 0.15) is 68.2 Å². The Bertz CT molecular complexity index is 300. The highest BCUT2D eigenvalue weighted by atomic mass is 16.3. The summed E-state index contributed by atoms with van der Waals surface area (Å²) in [6.07, 6.45) is 1.27. The van der Waals surface area contributed by atoms with E-state index in [0.29, 0.717) is 6.42 Å². The maximum Gasteiger partial charge on any atom is 0.220 e. The fourth-order valence-corrected chi connectivity index (χ4v) is 2.14. The molecule has 0 aliphatic heterocycles. The first-order valence-corrected chi connectivity index (χ1v) is 7.24. The summed E-state index contributed by atoms with van der Waals surface area (Å²) in [5, 5.41) is 12.3. The van der Waals surface area contributed by atoms with E-state index in [0.717, 1.165) is 6.42 Å². The van der Waals surface area contributed by atoms with E-state index in [9.17, 15) is 9.90 Å². The summed E-state index contributed by atoms with van der Waals surface area (Å²) in [4.78, 5) is 12.0. The Balaban J connectivity index is 4.72. The van der Waals surface area contributed by atoms with Crippen LogP contribution in [0.3, 0.4) is 0 Å². The van der Waals surface area contributed by atoms with Crippen LogP contribution in [-0.4, -0.2) is 23.7 Å². The highest BCUT2D eigenvalue weighted by Crippen LogP contribution is 2.43. The van der Waals surface area contributed by atoms with Crippen molar-refractivity contribution in [2.24, 2.45) is 16.2 Å². The smallest absolute Gasteiger partial charge is 0.220 e. The van der Waals surface area contributed by atoms with E-state index in [4.69, 9.17) is 0 Å². The average molecular weight is 271 g/mol. The molecule has 1 amide bonds. The summed E-state index contributed by atoms with van der Waals surface area (Å²) in [5.74, 6) is 0.105. The Hall–Kier alpha value is -0.570. The van der Waals surface area contributed by atoms with Crippen LogP contribution >= 0.6 is 0 Å². The van der Waals surface area contributed by atoms with Gasteiger partial charge in [0.05, 0.1) is 0 Å². The predicted molar refractivity (Wildman–Crippen MR) is 80.9 cm³/mol. The molecule has 0 aliphatic carbocycles. The van der Waals surface area contributed by atoms with Crippen LogP contribution in [0.25, 0.3) is 0 Å². The maximum atomic E-state index is 12.0. The monoisotopic (exact) mass is 271 g/mol. The fraction of sp³-hybridized carbons (Fsp3) is 0.938. The third-order valence-corrected chi connectivity index (χ3v) is 4.63. The molecule has 19 heavy (non-hydrogen) atoms. The van der Waals surface area contributed by atoms with Crippen molar-refractivity contribution in [2.75, 3.05) is 6.61 Å². The van der Waals surface area contributed by atoms with E-state index in [2.05, 4.69) is 60.7 Å². The van der Waals surface area contributed by atoms with Crippen molar-refractivity contribution in [3.8, 4) is 0 Å². The van der Waals surface area contributed by atoms with Gasteiger partial charge >= 0.3 is 0 Å². The van der Waals surface area contributed by atoms with Gasteiger partial charge in [0.2, 0.25) is 5.91 Å². The van der Waals surface area contributed by atoms with Gasteiger partial charge in [-0.15, -0.1) is 0 Å². The Morgan fingerprint density at radius 2 is 1.58 bits per heavy atom. The number of amides is 1. The summed E-state index contributed by atoms with van der Waals surface area (Å²) >= 11 is 0. The first-order chi connectivity index (χ1) is 8.33. The zero-order chi connectivity index (χ0) is 15.5. The van der Waals surface area contributed by atoms with Crippen molar-refractivity contribution in [1.82, 2.24) is 5.32 Å². The second-order valence-electron chi connectivity index (χ2n) is 8.11. The molecule has 0 aromatic rings. The molecule has 0 rings (SSSR count). The van der Waals surface area contributed by atoms with Gasteiger partial charge in [-0.1, -0.05) is 48.5 Å². The number of nitrogens with one attached hydrogen (secondary N) is 1. The first kappa shape index (κ1) is 18.4. The molecule has 0 heterocycles. The van der Waals surface area contributed by atoms with Crippen LogP contribution in [0, 0.1) is 16.2 Å². The molecule has 2 N–H and O–H groups in total. The number of hydrogen-bond acceptors (Lipinski definition) is 2. The van der Waals surface area contributed by atoms with Gasteiger partial charge in [-0.3, -0.25) is 4.79 Å². The molecule has 1 atom stereocenters. The summed E-state index contributed by atoms with van der Waals surface area (Å²) < 4.78 is 0. The van der Waals surface area contributed by atoms with Crippen LogP contribution in [0.15, 0.2) is 0 Å². The molecule has 0 aliphatic rings. The normalized spacial score (nSPS) is 15.2. The molecule has 3 heteroatoms. The van der Waals surface area contributed by atoms with E-state index < -0.39 is 0 Å². The molecular weight excluding hydrogens is 238 g/mol. The molecule has 0 saturated heterocycles. The van der Waals surface area contributed by atoms with E-state index in [1.165, 1.54) is 0 Å². The fourth-order valence-electron chi connectivity index (χ4n) is 2.14. The third kappa shape index (κ3) is 5.52. The zero-order valence-electron chi connectivity index (χ0n) is 14.1. The molecule has 0 spiro atoms. The number of aliphatic hydroxyl groups excluding tert-OH is 1. The number of rotatable bonds is 6. The number of carbonyl (C=O) groups is 1. The van der Waals surface area contributed by atoms with E-state index in [1.54, 1.807) is 0 Å². The Morgan fingerprint density at radius 1 is 1.11 bits per heavy atom. The highest BCUT2D eigenvalue weighted by molar-refractivity contribution is 5.76. The van der Waals surface area contributed by atoms with Crippen molar-refractivity contribution >= 4 is 5.91 Å². The molecule has 3 nitrogen and oxygen atoms in total. The molecule has 114 valence electrons. The minimum absolute atomic E-state index is 0.00849. The molecule has 0 bridgehead atoms. The number of carbonyl (C=O) groups excluding carboxylic acids is 1. The summed E-state index contributed by atoms with van der Waals surface area (Å²) in [6.45, 7) is 17.0. The molecule has 0 aromatic heterocycles. The second kappa shape index (κ2) is 6.25. The predicted octanol–water partition coefficient (Wildman–Crippen LogP) is 3.36. The van der Waals surface area contributed by atoms with E-state index in [-0.39, 0.29) is 34.8 Å². The van der Waals surface area contributed by atoms with E-state index in [1.807, 2.05) is 0 Å². The number of hydrogen-bond donors (Lipinski definition) is 2. The standard InChI is InChI=1S/C16H33NO2/c1-12(17-13(19)11-14(2,3)4)16(7,8)15(5,6)9-10-18/h12,18H,9-11H2,1-8H3,(H,17,19). The summed E-state index contributed by atoms with van der Waals surface area (Å²) in [7, 11) is 0. The minimum atomic E-state index is -0.0801. The lowest BCUT2D eigenvalue weighted by molar-refractivity contribution is -0.125. The SMILES string of the molecule is CC(NC(=O)CC(C)(C)C)C(C)(C)C(C)(C)CCO. The van der Waals surface area contributed by atoms with Gasteiger partial charge in [-0.25, -0.2) is 0 Å². The Labute approximate surface area is 119 Å². The number of aliphatic hydroxyl groups is 1. The topological polar surface area (TPSA) is 49.3 Å². The van der Waals surface area contributed by atoms with Crippen molar-refractivity contribution in [1.29, 1.82) is 0 Å². The molecule has 0 fully saturated rings. The van der Waals surface area contributed by atoms with Crippen LogP contribution in [0.2, 0.25) is 0 Å². The molecular formula is C16H33NO2. The van der Waals surface area contributed by atoms with Gasteiger partial charge < -0.3 is 10.4 Å². The summed E-state index contributed by atoms with van der Waals surface area (Å²) in [6, 6.07) is 0.0731. The Morgan fingerprint density at radius 3 is 1.95 bits per heavy atom. The second-order valence-corrected chi connectivity index (χ2v) is 8.11. The van der Waals surface area contributed by atoms with Gasteiger partial charge in [-0.05, 0) is 29.6 Å². The van der Waals surface area contributed by atoms with Crippen LogP contribution in [0.5, 0.6) is 0 Å². The van der Waals surface area contributed by atoms with Crippen LogP contribution < -0.4 is 5.32 Å². The molecule has 0 aromatic carbocycles. The largest absolute Gasteiger partial charge is 0.396 e. The maximum absolute atomic E-state index is 12.0. The van der Waals surface area contributed by atoms with E-state index >= 15 is 0 Å². The first-order valence-electron chi connectivity index (χ1n) is 7.24. The molecule has 0 radical (unpaired) electrons. The lowest BCUT2D eigenvalue weighted by atomic mass is 9.62. The summed E-state index contributed by atoms with van der Waals surface area (Å²) in [5.41, 5.74) is -0.103. The Kier molecular flexibility index (Phi) is 6.07. The van der Waals surface area contributed by atoms with Crippen molar-refractivity contribution < 1.29 is 9.90 Å². The quantitative estimate of drug-likeness (QED) is 0.778. The van der Waals surface area contributed by atoms with Gasteiger partial charge in [0, 0.05) is 19.1 Å². The third-order valence-electron chi connectivity index (χ3n) is 4.63. The van der Waals surface area contributed by atoms with Crippen molar-refractivity contribution in [2.45, 2.75) is 74.3 Å². The van der Waals surface area contributed by atoms with Crippen molar-refractivity contribution in [3.63, 3.8) is 0 Å². The van der Waals surface area contributed by atoms with Crippen LogP contribution in [-0.2, 0) is 4.79 Å². The molecule has 1 unspecified atom stereocenters. The van der Waals surface area contributed by atoms with Crippen LogP contribution in [0.4, 0.5) is 0 Å². The van der Waals surface area contributed by atoms with Gasteiger partial charge in [-0.2, -0.15) is 0 Å².